The third kappa shape index (κ3) is 60.6. The first-order chi connectivity index (χ1) is 37.0. The molecule has 0 aromatic rings. The van der Waals surface area contributed by atoms with Crippen LogP contribution in [0.15, 0.2) is 122 Å². The smallest absolute Gasteiger partial charge is 0.306 e. The number of hydrogen-bond acceptors (Lipinski definition) is 6. The van der Waals surface area contributed by atoms with Crippen molar-refractivity contribution in [3.63, 3.8) is 0 Å². The fourth-order valence-corrected chi connectivity index (χ4v) is 8.31. The van der Waals surface area contributed by atoms with Gasteiger partial charge in [-0.05, 0) is 116 Å². The third-order valence-electron chi connectivity index (χ3n) is 13.0. The molecule has 0 saturated carbocycles. The highest BCUT2D eigenvalue weighted by molar-refractivity contribution is 5.71. The normalized spacial score (nSPS) is 12.9. The Morgan fingerprint density at radius 3 is 0.827 bits per heavy atom. The highest BCUT2D eigenvalue weighted by Gasteiger charge is 2.19. The standard InChI is InChI=1S/C69H114O6/c1-4-7-10-13-16-19-22-24-26-28-29-30-31-32-33-34-35-36-37-38-39-40-41-42-44-45-47-50-53-56-59-62-68(71)74-65-66(64-73-67(70)61-58-55-52-49-21-18-15-12-9-6-3)75-69(72)63-60-57-54-51-48-46-43-27-25-23-20-17-14-11-8-5-2/h7,10,16,19-20,23-24,26-27,29-30,32-33,35-36,38-39,41-43,66H,4-6,8-9,11-15,17-18,21-22,25,28,31,34,37,40,44-65H2,1-3H3/b10-7-,19-16-,23-20-,26-24-,30-29-,33-32-,36-35-,39-38-,42-41-,43-27-. The zero-order chi connectivity index (χ0) is 54.3. The van der Waals surface area contributed by atoms with Gasteiger partial charge >= 0.3 is 17.9 Å². The van der Waals surface area contributed by atoms with Gasteiger partial charge < -0.3 is 14.2 Å². The van der Waals surface area contributed by atoms with E-state index in [1.807, 2.05) is 0 Å². The van der Waals surface area contributed by atoms with Crippen LogP contribution in [0.1, 0.15) is 278 Å². The number of allylic oxidation sites excluding steroid dienone is 20. The van der Waals surface area contributed by atoms with Gasteiger partial charge in [-0.3, -0.25) is 14.4 Å². The van der Waals surface area contributed by atoms with E-state index >= 15 is 0 Å². The molecule has 0 aliphatic carbocycles. The Balaban J connectivity index is 4.29. The van der Waals surface area contributed by atoms with Crippen LogP contribution in [0.2, 0.25) is 0 Å². The molecule has 426 valence electrons. The lowest BCUT2D eigenvalue weighted by molar-refractivity contribution is -0.167. The maximum Gasteiger partial charge on any atom is 0.306 e. The Morgan fingerprint density at radius 1 is 0.280 bits per heavy atom. The molecule has 0 saturated heterocycles. The topological polar surface area (TPSA) is 78.9 Å². The van der Waals surface area contributed by atoms with Crippen LogP contribution in [-0.4, -0.2) is 37.2 Å². The van der Waals surface area contributed by atoms with Gasteiger partial charge in [0.05, 0.1) is 0 Å². The minimum Gasteiger partial charge on any atom is -0.462 e. The minimum absolute atomic E-state index is 0.0885. The molecule has 6 nitrogen and oxygen atoms in total. The molecule has 0 N–H and O–H groups in total. The molecular weight excluding hydrogens is 925 g/mol. The first-order valence-corrected chi connectivity index (χ1v) is 31.0. The van der Waals surface area contributed by atoms with Gasteiger partial charge in [-0.25, -0.2) is 0 Å². The van der Waals surface area contributed by atoms with Crippen LogP contribution < -0.4 is 0 Å². The molecular formula is C69H114O6. The third-order valence-corrected chi connectivity index (χ3v) is 13.0. The number of rotatable bonds is 55. The van der Waals surface area contributed by atoms with Crippen molar-refractivity contribution in [2.45, 2.75) is 284 Å². The van der Waals surface area contributed by atoms with Crippen molar-refractivity contribution < 1.29 is 28.6 Å². The summed E-state index contributed by atoms with van der Waals surface area (Å²) >= 11 is 0. The largest absolute Gasteiger partial charge is 0.462 e. The van der Waals surface area contributed by atoms with Crippen LogP contribution in [0, 0.1) is 0 Å². The van der Waals surface area contributed by atoms with Gasteiger partial charge in [-0.15, -0.1) is 0 Å². The maximum absolute atomic E-state index is 12.8. The van der Waals surface area contributed by atoms with Crippen molar-refractivity contribution >= 4 is 17.9 Å². The molecule has 6 heteroatoms. The first kappa shape index (κ1) is 70.8. The van der Waals surface area contributed by atoms with E-state index in [2.05, 4.69) is 142 Å². The molecule has 0 radical (unpaired) electrons. The van der Waals surface area contributed by atoms with Crippen LogP contribution in [0.3, 0.4) is 0 Å². The zero-order valence-corrected chi connectivity index (χ0v) is 48.8. The van der Waals surface area contributed by atoms with E-state index in [9.17, 15) is 14.4 Å². The quantitative estimate of drug-likeness (QED) is 0.0261. The number of esters is 3. The summed E-state index contributed by atoms with van der Waals surface area (Å²) in [6, 6.07) is 0. The number of carbonyl (C=O) groups excluding carboxylic acids is 3. The lowest BCUT2D eigenvalue weighted by Crippen LogP contribution is -2.30. The number of carbonyl (C=O) groups is 3. The Bertz CT molecular complexity index is 1570. The van der Waals surface area contributed by atoms with E-state index in [1.165, 1.54) is 89.9 Å². The fraction of sp³-hybridized carbons (Fsp3) is 0.667. The summed E-state index contributed by atoms with van der Waals surface area (Å²) in [6.45, 7) is 6.48. The molecule has 0 aliphatic heterocycles. The lowest BCUT2D eigenvalue weighted by atomic mass is 10.1. The van der Waals surface area contributed by atoms with Crippen molar-refractivity contribution in [2.75, 3.05) is 13.2 Å². The summed E-state index contributed by atoms with van der Waals surface area (Å²) in [7, 11) is 0. The summed E-state index contributed by atoms with van der Waals surface area (Å²) in [6.07, 6.45) is 86.3. The van der Waals surface area contributed by atoms with Gasteiger partial charge in [0.25, 0.3) is 0 Å². The molecule has 75 heavy (non-hydrogen) atoms. The van der Waals surface area contributed by atoms with Crippen LogP contribution in [0.4, 0.5) is 0 Å². The summed E-state index contributed by atoms with van der Waals surface area (Å²) in [5.41, 5.74) is 0. The maximum atomic E-state index is 12.8. The second-order valence-corrected chi connectivity index (χ2v) is 20.2. The van der Waals surface area contributed by atoms with E-state index in [-0.39, 0.29) is 31.1 Å². The number of hydrogen-bond donors (Lipinski definition) is 0. The summed E-state index contributed by atoms with van der Waals surface area (Å²) < 4.78 is 16.8. The van der Waals surface area contributed by atoms with Crippen LogP contribution in [-0.2, 0) is 28.6 Å². The second kappa shape index (κ2) is 62.4. The summed E-state index contributed by atoms with van der Waals surface area (Å²) in [4.78, 5) is 38.1. The molecule has 1 atom stereocenters. The molecule has 0 rings (SSSR count). The molecule has 0 spiro atoms. The van der Waals surface area contributed by atoms with Crippen LogP contribution >= 0.6 is 0 Å². The Kier molecular flexibility index (Phi) is 58.9. The van der Waals surface area contributed by atoms with Gasteiger partial charge in [-0.2, -0.15) is 0 Å². The predicted molar refractivity (Wildman–Crippen MR) is 325 cm³/mol. The SMILES string of the molecule is CC/C=C\C/C=C\C/C=C\C/C=C\C/C=C\C/C=C\C/C=C\C/C=C\CCCCCCCCC(=O)OCC(COC(=O)CCCCCCCCCCCC)OC(=O)CCCCCCC/C=C\C/C=C\CCCCCC. The summed E-state index contributed by atoms with van der Waals surface area (Å²) in [5, 5.41) is 0. The minimum atomic E-state index is -0.792. The lowest BCUT2D eigenvalue weighted by Gasteiger charge is -2.18. The molecule has 0 aliphatic rings. The molecule has 0 amide bonds. The second-order valence-electron chi connectivity index (χ2n) is 20.2. The average Bonchev–Trinajstić information content (AvgIpc) is 3.41. The monoisotopic (exact) mass is 1040 g/mol. The molecule has 0 bridgehead atoms. The predicted octanol–water partition coefficient (Wildman–Crippen LogP) is 21.2. The van der Waals surface area contributed by atoms with Crippen molar-refractivity contribution in [3.05, 3.63) is 122 Å². The van der Waals surface area contributed by atoms with Gasteiger partial charge in [0, 0.05) is 19.3 Å². The Labute approximate surface area is 462 Å². The van der Waals surface area contributed by atoms with E-state index < -0.39 is 6.10 Å². The highest BCUT2D eigenvalue weighted by Crippen LogP contribution is 2.15. The van der Waals surface area contributed by atoms with Gasteiger partial charge in [0.1, 0.15) is 13.2 Å². The average molecular weight is 1040 g/mol. The highest BCUT2D eigenvalue weighted by atomic mass is 16.6. The molecule has 0 aromatic heterocycles. The Morgan fingerprint density at radius 2 is 0.520 bits per heavy atom. The van der Waals surface area contributed by atoms with E-state index in [1.54, 1.807) is 0 Å². The van der Waals surface area contributed by atoms with Crippen molar-refractivity contribution in [1.29, 1.82) is 0 Å². The van der Waals surface area contributed by atoms with Crippen LogP contribution in [0.5, 0.6) is 0 Å². The molecule has 0 heterocycles. The summed E-state index contributed by atoms with van der Waals surface area (Å²) in [5.74, 6) is -0.917. The van der Waals surface area contributed by atoms with Gasteiger partial charge in [0.2, 0.25) is 0 Å². The van der Waals surface area contributed by atoms with E-state index in [0.29, 0.717) is 19.3 Å². The first-order valence-electron chi connectivity index (χ1n) is 31.0. The van der Waals surface area contributed by atoms with Crippen molar-refractivity contribution in [2.24, 2.45) is 0 Å². The molecule has 0 aromatic carbocycles. The van der Waals surface area contributed by atoms with Crippen molar-refractivity contribution in [3.8, 4) is 0 Å². The van der Waals surface area contributed by atoms with E-state index in [0.717, 1.165) is 148 Å². The Hall–Kier alpha value is -4.19. The van der Waals surface area contributed by atoms with Gasteiger partial charge in [-0.1, -0.05) is 264 Å². The van der Waals surface area contributed by atoms with Crippen LogP contribution in [0.25, 0.3) is 0 Å². The van der Waals surface area contributed by atoms with E-state index in [4.69, 9.17) is 14.2 Å². The van der Waals surface area contributed by atoms with Crippen molar-refractivity contribution in [1.82, 2.24) is 0 Å². The van der Waals surface area contributed by atoms with Gasteiger partial charge in [0.15, 0.2) is 6.10 Å². The zero-order valence-electron chi connectivity index (χ0n) is 48.8. The fourth-order valence-electron chi connectivity index (χ4n) is 8.31. The number of unbranched alkanes of at least 4 members (excludes halogenated alkanes) is 24. The molecule has 1 unspecified atom stereocenters. The number of ether oxygens (including phenoxy) is 3. The molecule has 0 fully saturated rings.